The molecule has 2 aromatic rings. The number of aromatic nitrogens is 2. The third-order valence-corrected chi connectivity index (χ3v) is 5.39. The van der Waals surface area contributed by atoms with Gasteiger partial charge < -0.3 is 14.2 Å². The van der Waals surface area contributed by atoms with E-state index in [9.17, 15) is 4.79 Å². The van der Waals surface area contributed by atoms with Crippen LogP contribution in [0.2, 0.25) is 0 Å². The van der Waals surface area contributed by atoms with Crippen LogP contribution >= 0.6 is 0 Å². The average Bonchev–Trinajstić information content (AvgIpc) is 2.89. The van der Waals surface area contributed by atoms with Crippen LogP contribution in [0.5, 0.6) is 0 Å². The Kier molecular flexibility index (Phi) is 4.27. The SMILES string of the molecule is CN1CCc2c(n(CC(=O)OC3CCCCC3)c3cnccc23)C1. The summed E-state index contributed by atoms with van der Waals surface area (Å²) in [5.41, 5.74) is 3.67. The minimum absolute atomic E-state index is 0.112. The number of hydrogen-bond acceptors (Lipinski definition) is 4. The van der Waals surface area contributed by atoms with Gasteiger partial charge in [0.25, 0.3) is 0 Å². The standard InChI is InChI=1S/C19H25N3O2/c1-21-10-8-16-15-7-9-20-11-17(15)22(18(16)12-21)13-19(23)24-14-5-3-2-4-6-14/h7,9,11,14H,2-6,8,10,12-13H2,1H3. The predicted molar refractivity (Wildman–Crippen MR) is 92.7 cm³/mol. The molecular weight excluding hydrogens is 302 g/mol. The summed E-state index contributed by atoms with van der Waals surface area (Å²) < 4.78 is 7.86. The summed E-state index contributed by atoms with van der Waals surface area (Å²) in [6.45, 7) is 2.23. The Labute approximate surface area is 142 Å². The van der Waals surface area contributed by atoms with E-state index in [1.165, 1.54) is 35.9 Å². The molecule has 1 fully saturated rings. The Balaban J connectivity index is 1.61. The van der Waals surface area contributed by atoms with E-state index >= 15 is 0 Å². The third-order valence-electron chi connectivity index (χ3n) is 5.39. The quantitative estimate of drug-likeness (QED) is 0.813. The normalized spacial score (nSPS) is 19.4. The first-order valence-electron chi connectivity index (χ1n) is 9.04. The third kappa shape index (κ3) is 2.93. The fraction of sp³-hybridized carbons (Fsp3) is 0.579. The fourth-order valence-corrected chi connectivity index (χ4v) is 4.13. The van der Waals surface area contributed by atoms with Gasteiger partial charge in [-0.3, -0.25) is 9.78 Å². The summed E-state index contributed by atoms with van der Waals surface area (Å²) >= 11 is 0. The summed E-state index contributed by atoms with van der Waals surface area (Å²) in [6.07, 6.45) is 10.5. The average molecular weight is 327 g/mol. The van der Waals surface area contributed by atoms with Gasteiger partial charge in [-0.25, -0.2) is 0 Å². The number of nitrogens with zero attached hydrogens (tertiary/aromatic N) is 3. The maximum atomic E-state index is 12.5. The molecule has 0 aromatic carbocycles. The molecule has 128 valence electrons. The Hall–Kier alpha value is -1.88. The van der Waals surface area contributed by atoms with Gasteiger partial charge >= 0.3 is 5.97 Å². The zero-order valence-corrected chi connectivity index (χ0v) is 14.3. The summed E-state index contributed by atoms with van der Waals surface area (Å²) in [4.78, 5) is 19.1. The van der Waals surface area contributed by atoms with Crippen LogP contribution in [0.3, 0.4) is 0 Å². The van der Waals surface area contributed by atoms with E-state index in [0.29, 0.717) is 6.54 Å². The predicted octanol–water partition coefficient (Wildman–Crippen LogP) is 2.90. The zero-order chi connectivity index (χ0) is 16.5. The second kappa shape index (κ2) is 6.55. The van der Waals surface area contributed by atoms with E-state index in [4.69, 9.17) is 4.74 Å². The molecule has 0 spiro atoms. The van der Waals surface area contributed by atoms with Crippen LogP contribution in [0.15, 0.2) is 18.5 Å². The van der Waals surface area contributed by atoms with E-state index in [0.717, 1.165) is 37.9 Å². The molecule has 0 saturated heterocycles. The molecule has 5 heteroatoms. The van der Waals surface area contributed by atoms with Crippen molar-refractivity contribution in [2.75, 3.05) is 13.6 Å². The van der Waals surface area contributed by atoms with Gasteiger partial charge in [-0.1, -0.05) is 6.42 Å². The highest BCUT2D eigenvalue weighted by Crippen LogP contribution is 2.30. The Morgan fingerprint density at radius 3 is 3.00 bits per heavy atom. The second-order valence-electron chi connectivity index (χ2n) is 7.14. The first-order chi connectivity index (χ1) is 11.7. The molecule has 0 atom stereocenters. The molecule has 1 aliphatic carbocycles. The molecule has 0 radical (unpaired) electrons. The van der Waals surface area contributed by atoms with Crippen molar-refractivity contribution in [1.29, 1.82) is 0 Å². The van der Waals surface area contributed by atoms with Crippen molar-refractivity contribution in [2.45, 2.75) is 57.7 Å². The highest BCUT2D eigenvalue weighted by atomic mass is 16.5. The number of carbonyl (C=O) groups excluding carboxylic acids is 1. The Bertz CT molecular complexity index is 746. The smallest absolute Gasteiger partial charge is 0.326 e. The van der Waals surface area contributed by atoms with Crippen molar-refractivity contribution in [3.8, 4) is 0 Å². The lowest BCUT2D eigenvalue weighted by atomic mass is 9.98. The number of rotatable bonds is 3. The van der Waals surface area contributed by atoms with Crippen LogP contribution in [0.4, 0.5) is 0 Å². The number of likely N-dealkylation sites (N-methyl/N-ethyl adjacent to an activating group) is 1. The van der Waals surface area contributed by atoms with Gasteiger partial charge in [0, 0.05) is 30.4 Å². The summed E-state index contributed by atoms with van der Waals surface area (Å²) in [5, 5.41) is 1.23. The fourth-order valence-electron chi connectivity index (χ4n) is 4.13. The monoisotopic (exact) mass is 327 g/mol. The van der Waals surface area contributed by atoms with E-state index in [1.807, 2.05) is 12.4 Å². The van der Waals surface area contributed by atoms with Crippen molar-refractivity contribution in [3.05, 3.63) is 29.7 Å². The van der Waals surface area contributed by atoms with Gasteiger partial charge in [0.2, 0.25) is 0 Å². The van der Waals surface area contributed by atoms with Crippen LogP contribution in [-0.2, 0) is 29.0 Å². The molecule has 4 rings (SSSR count). The molecule has 0 bridgehead atoms. The number of hydrogen-bond donors (Lipinski definition) is 0. The number of ether oxygens (including phenoxy) is 1. The van der Waals surface area contributed by atoms with Gasteiger partial charge in [-0.2, -0.15) is 0 Å². The molecule has 2 aliphatic rings. The van der Waals surface area contributed by atoms with Crippen molar-refractivity contribution in [3.63, 3.8) is 0 Å². The summed E-state index contributed by atoms with van der Waals surface area (Å²) in [6, 6.07) is 2.07. The largest absolute Gasteiger partial charge is 0.461 e. The minimum atomic E-state index is -0.112. The number of carbonyl (C=O) groups is 1. The van der Waals surface area contributed by atoms with Gasteiger partial charge in [-0.15, -0.1) is 0 Å². The molecule has 1 saturated carbocycles. The van der Waals surface area contributed by atoms with Crippen LogP contribution in [0.25, 0.3) is 10.9 Å². The maximum absolute atomic E-state index is 12.5. The lowest BCUT2D eigenvalue weighted by Crippen LogP contribution is -2.29. The van der Waals surface area contributed by atoms with Crippen molar-refractivity contribution < 1.29 is 9.53 Å². The van der Waals surface area contributed by atoms with Crippen LogP contribution in [-0.4, -0.2) is 40.1 Å². The summed E-state index contributed by atoms with van der Waals surface area (Å²) in [5.74, 6) is -0.112. The highest BCUT2D eigenvalue weighted by molar-refractivity contribution is 5.86. The molecule has 1 aliphatic heterocycles. The lowest BCUT2D eigenvalue weighted by Gasteiger charge is -2.25. The van der Waals surface area contributed by atoms with E-state index in [-0.39, 0.29) is 12.1 Å². The Morgan fingerprint density at radius 2 is 2.17 bits per heavy atom. The van der Waals surface area contributed by atoms with Crippen molar-refractivity contribution in [1.82, 2.24) is 14.5 Å². The number of esters is 1. The number of pyridine rings is 1. The molecule has 0 unspecified atom stereocenters. The molecular formula is C19H25N3O2. The lowest BCUT2D eigenvalue weighted by molar-refractivity contribution is -0.151. The first-order valence-corrected chi connectivity index (χ1v) is 9.04. The molecule has 24 heavy (non-hydrogen) atoms. The van der Waals surface area contributed by atoms with Gasteiger partial charge in [0.05, 0.1) is 11.7 Å². The van der Waals surface area contributed by atoms with Crippen molar-refractivity contribution in [2.24, 2.45) is 0 Å². The van der Waals surface area contributed by atoms with Crippen LogP contribution in [0.1, 0.15) is 43.4 Å². The molecule has 2 aromatic heterocycles. The second-order valence-corrected chi connectivity index (χ2v) is 7.14. The Morgan fingerprint density at radius 1 is 1.33 bits per heavy atom. The molecule has 0 amide bonds. The van der Waals surface area contributed by atoms with Crippen molar-refractivity contribution >= 4 is 16.9 Å². The molecule has 3 heterocycles. The molecule has 5 nitrogen and oxygen atoms in total. The highest BCUT2D eigenvalue weighted by Gasteiger charge is 2.25. The van der Waals surface area contributed by atoms with Gasteiger partial charge in [0.15, 0.2) is 0 Å². The van der Waals surface area contributed by atoms with E-state index in [1.54, 1.807) is 0 Å². The van der Waals surface area contributed by atoms with Crippen LogP contribution < -0.4 is 0 Å². The van der Waals surface area contributed by atoms with Gasteiger partial charge in [0.1, 0.15) is 12.6 Å². The topological polar surface area (TPSA) is 47.4 Å². The van der Waals surface area contributed by atoms with Gasteiger partial charge in [-0.05, 0) is 50.8 Å². The maximum Gasteiger partial charge on any atom is 0.326 e. The number of fused-ring (bicyclic) bond motifs is 3. The van der Waals surface area contributed by atoms with E-state index in [2.05, 4.69) is 27.6 Å². The molecule has 0 N–H and O–H groups in total. The van der Waals surface area contributed by atoms with Crippen LogP contribution in [0, 0.1) is 0 Å². The van der Waals surface area contributed by atoms with E-state index < -0.39 is 0 Å². The zero-order valence-electron chi connectivity index (χ0n) is 14.3. The minimum Gasteiger partial charge on any atom is -0.461 e. The summed E-state index contributed by atoms with van der Waals surface area (Å²) in [7, 11) is 2.13. The first kappa shape index (κ1) is 15.6.